The first-order valence-corrected chi connectivity index (χ1v) is 10.4. The van der Waals surface area contributed by atoms with Gasteiger partial charge in [-0.3, -0.25) is 0 Å². The van der Waals surface area contributed by atoms with Crippen LogP contribution < -0.4 is 0 Å². The number of halogens is 2. The molecule has 0 aromatic heterocycles. The molecule has 0 saturated carbocycles. The van der Waals surface area contributed by atoms with Gasteiger partial charge in [-0.1, -0.05) is 108 Å². The topological polar surface area (TPSA) is 0 Å². The van der Waals surface area contributed by atoms with Crippen molar-refractivity contribution in [3.63, 3.8) is 0 Å². The van der Waals surface area contributed by atoms with Crippen LogP contribution in [-0.2, 0) is 6.42 Å². The molecule has 29 heavy (non-hydrogen) atoms. The summed E-state index contributed by atoms with van der Waals surface area (Å²) < 4.78 is 0. The van der Waals surface area contributed by atoms with Crippen molar-refractivity contribution < 1.29 is 0 Å². The fraction of sp³-hybridized carbons (Fsp3) is 0.0370. The fourth-order valence-corrected chi connectivity index (χ4v) is 4.78. The molecule has 0 aliphatic rings. The maximum absolute atomic E-state index is 6.80. The van der Waals surface area contributed by atoms with Crippen molar-refractivity contribution in [3.8, 4) is 11.1 Å². The Balaban J connectivity index is 1.96. The molecular weight excluding hydrogens is 395 g/mol. The lowest BCUT2D eigenvalue weighted by Gasteiger charge is -2.19. The van der Waals surface area contributed by atoms with Gasteiger partial charge in [0.25, 0.3) is 0 Å². The van der Waals surface area contributed by atoms with Gasteiger partial charge in [-0.05, 0) is 51.6 Å². The van der Waals surface area contributed by atoms with Crippen LogP contribution in [0.4, 0.5) is 0 Å². The van der Waals surface area contributed by atoms with E-state index < -0.39 is 0 Å². The molecular formula is C27H18Cl2. The van der Waals surface area contributed by atoms with Gasteiger partial charge >= 0.3 is 0 Å². The van der Waals surface area contributed by atoms with Gasteiger partial charge in [-0.25, -0.2) is 0 Å². The second-order valence-corrected chi connectivity index (χ2v) is 8.02. The highest BCUT2D eigenvalue weighted by atomic mass is 35.5. The van der Waals surface area contributed by atoms with Crippen LogP contribution in [0.15, 0.2) is 97.1 Å². The maximum atomic E-state index is 6.80. The Morgan fingerprint density at radius 1 is 0.517 bits per heavy atom. The van der Waals surface area contributed by atoms with Gasteiger partial charge in [0.2, 0.25) is 0 Å². The van der Waals surface area contributed by atoms with Crippen LogP contribution in [0.2, 0.25) is 10.0 Å². The van der Waals surface area contributed by atoms with Crippen LogP contribution in [0.3, 0.4) is 0 Å². The molecule has 0 spiro atoms. The molecule has 0 unspecified atom stereocenters. The lowest BCUT2D eigenvalue weighted by Crippen LogP contribution is -1.96. The molecule has 0 bridgehead atoms. The van der Waals surface area contributed by atoms with Crippen molar-refractivity contribution in [1.29, 1.82) is 0 Å². The SMILES string of the molecule is Clc1cccc2c(-c3ccccc3)c3c(Cl)cccc3c(Cc3ccccc3)c12. The number of rotatable bonds is 3. The summed E-state index contributed by atoms with van der Waals surface area (Å²) in [5.41, 5.74) is 4.75. The van der Waals surface area contributed by atoms with Crippen molar-refractivity contribution in [1.82, 2.24) is 0 Å². The Hall–Kier alpha value is -2.80. The highest BCUT2D eigenvalue weighted by molar-refractivity contribution is 6.40. The number of fused-ring (bicyclic) bond motifs is 2. The summed E-state index contributed by atoms with van der Waals surface area (Å²) in [6.07, 6.45) is 0.799. The summed E-state index contributed by atoms with van der Waals surface area (Å²) in [5.74, 6) is 0. The van der Waals surface area contributed by atoms with Crippen LogP contribution in [0.1, 0.15) is 11.1 Å². The van der Waals surface area contributed by atoms with Gasteiger partial charge < -0.3 is 0 Å². The van der Waals surface area contributed by atoms with E-state index in [9.17, 15) is 0 Å². The van der Waals surface area contributed by atoms with Crippen LogP contribution in [0.5, 0.6) is 0 Å². The van der Waals surface area contributed by atoms with Crippen LogP contribution in [-0.4, -0.2) is 0 Å². The van der Waals surface area contributed by atoms with Crippen LogP contribution >= 0.6 is 23.2 Å². The highest BCUT2D eigenvalue weighted by Crippen LogP contribution is 2.44. The average Bonchev–Trinajstić information content (AvgIpc) is 2.76. The zero-order chi connectivity index (χ0) is 19.8. The maximum Gasteiger partial charge on any atom is 0.0490 e. The summed E-state index contributed by atoms with van der Waals surface area (Å²) in [6, 6.07) is 33.2. The van der Waals surface area contributed by atoms with Crippen LogP contribution in [0, 0.1) is 0 Å². The third-order valence-electron chi connectivity index (χ3n) is 5.46. The Bertz CT molecular complexity index is 1320. The predicted molar refractivity (Wildman–Crippen MR) is 126 cm³/mol. The number of hydrogen-bond donors (Lipinski definition) is 0. The molecule has 0 radical (unpaired) electrons. The van der Waals surface area contributed by atoms with Crippen molar-refractivity contribution >= 4 is 44.7 Å². The largest absolute Gasteiger partial charge is 0.0837 e. The molecule has 0 aliphatic heterocycles. The Labute approximate surface area is 180 Å². The first-order valence-electron chi connectivity index (χ1n) is 9.64. The highest BCUT2D eigenvalue weighted by Gasteiger charge is 2.19. The minimum Gasteiger partial charge on any atom is -0.0837 e. The Morgan fingerprint density at radius 3 is 1.79 bits per heavy atom. The average molecular weight is 413 g/mol. The molecule has 2 heteroatoms. The number of hydrogen-bond acceptors (Lipinski definition) is 0. The quantitative estimate of drug-likeness (QED) is 0.260. The molecule has 0 amide bonds. The summed E-state index contributed by atoms with van der Waals surface area (Å²) >= 11 is 13.6. The second kappa shape index (κ2) is 7.55. The van der Waals surface area contributed by atoms with E-state index >= 15 is 0 Å². The van der Waals surface area contributed by atoms with Gasteiger partial charge in [0.05, 0.1) is 0 Å². The van der Waals surface area contributed by atoms with Gasteiger partial charge in [0.1, 0.15) is 0 Å². The molecule has 0 aliphatic carbocycles. The van der Waals surface area contributed by atoms with E-state index in [1.54, 1.807) is 0 Å². The smallest absolute Gasteiger partial charge is 0.0490 e. The molecule has 0 fully saturated rings. The van der Waals surface area contributed by atoms with Crippen molar-refractivity contribution in [2.24, 2.45) is 0 Å². The monoisotopic (exact) mass is 412 g/mol. The standard InChI is InChI=1S/C27H18Cl2/c28-23-15-8-14-21-25(19-11-5-2-6-12-19)27-20(13-7-16-24(27)29)22(26(21)23)17-18-9-3-1-4-10-18/h1-16H,17H2. The third-order valence-corrected chi connectivity index (χ3v) is 6.09. The molecule has 5 aromatic carbocycles. The molecule has 5 rings (SSSR count). The summed E-state index contributed by atoms with van der Waals surface area (Å²) in [6.45, 7) is 0. The van der Waals surface area contributed by atoms with Crippen molar-refractivity contribution in [2.75, 3.05) is 0 Å². The van der Waals surface area contributed by atoms with Gasteiger partial charge in [-0.15, -0.1) is 0 Å². The molecule has 0 atom stereocenters. The van der Waals surface area contributed by atoms with Crippen molar-refractivity contribution in [3.05, 3.63) is 118 Å². The van der Waals surface area contributed by atoms with E-state index in [1.807, 2.05) is 36.4 Å². The lowest BCUT2D eigenvalue weighted by atomic mass is 9.86. The van der Waals surface area contributed by atoms with E-state index in [1.165, 1.54) is 11.1 Å². The predicted octanol–water partition coefficient (Wildman–Crippen LogP) is 8.56. The Kier molecular flexibility index (Phi) is 4.75. The molecule has 0 nitrogen and oxygen atoms in total. The molecule has 0 heterocycles. The fourth-order valence-electron chi connectivity index (χ4n) is 4.23. The van der Waals surface area contributed by atoms with E-state index in [-0.39, 0.29) is 0 Å². The minimum atomic E-state index is 0.762. The van der Waals surface area contributed by atoms with E-state index in [0.29, 0.717) is 0 Å². The van der Waals surface area contributed by atoms with E-state index in [2.05, 4.69) is 60.7 Å². The summed E-state index contributed by atoms with van der Waals surface area (Å²) in [4.78, 5) is 0. The molecule has 0 saturated heterocycles. The van der Waals surface area contributed by atoms with E-state index in [4.69, 9.17) is 23.2 Å². The van der Waals surface area contributed by atoms with Crippen molar-refractivity contribution in [2.45, 2.75) is 6.42 Å². The van der Waals surface area contributed by atoms with Gasteiger partial charge in [-0.2, -0.15) is 0 Å². The lowest BCUT2D eigenvalue weighted by molar-refractivity contribution is 1.23. The van der Waals surface area contributed by atoms with Gasteiger partial charge in [0, 0.05) is 20.8 Å². The molecule has 140 valence electrons. The third kappa shape index (κ3) is 3.19. The minimum absolute atomic E-state index is 0.762. The van der Waals surface area contributed by atoms with Crippen LogP contribution in [0.25, 0.3) is 32.7 Å². The Morgan fingerprint density at radius 2 is 1.10 bits per heavy atom. The second-order valence-electron chi connectivity index (χ2n) is 7.21. The summed E-state index contributed by atoms with van der Waals surface area (Å²) in [5, 5.41) is 6.01. The molecule has 5 aromatic rings. The first kappa shape index (κ1) is 18.2. The van der Waals surface area contributed by atoms with Gasteiger partial charge in [0.15, 0.2) is 0 Å². The molecule has 0 N–H and O–H groups in total. The zero-order valence-corrected chi connectivity index (χ0v) is 17.2. The zero-order valence-electron chi connectivity index (χ0n) is 15.7. The normalized spacial score (nSPS) is 11.2. The number of benzene rings is 5. The van der Waals surface area contributed by atoms with E-state index in [0.717, 1.165) is 49.1 Å². The first-order chi connectivity index (χ1) is 14.2. The summed E-state index contributed by atoms with van der Waals surface area (Å²) in [7, 11) is 0.